The molecule has 6 nitrogen and oxygen atoms in total. The van der Waals surface area contributed by atoms with Crippen molar-refractivity contribution in [3.63, 3.8) is 0 Å². The van der Waals surface area contributed by atoms with E-state index in [1.165, 1.54) is 33.3 Å². The molecule has 0 amide bonds. The fourth-order valence-corrected chi connectivity index (χ4v) is 3.43. The molecule has 0 atom stereocenters. The Hall–Kier alpha value is -2.76. The van der Waals surface area contributed by atoms with Crippen LogP contribution in [-0.2, 0) is 20.0 Å². The summed E-state index contributed by atoms with van der Waals surface area (Å²) in [6.07, 6.45) is 3.05. The Bertz CT molecular complexity index is 931. The van der Waals surface area contributed by atoms with E-state index in [2.05, 4.69) is 64.0 Å². The van der Waals surface area contributed by atoms with Gasteiger partial charge in [0, 0.05) is 55.5 Å². The molecule has 3 aromatic rings. The number of nitrogens with one attached hydrogen (secondary N) is 3. The molecule has 138 valence electrons. The molecule has 6 heteroatoms. The smallest absolute Gasteiger partial charge is 0.191 e. The van der Waals surface area contributed by atoms with Crippen LogP contribution in [0.3, 0.4) is 0 Å². The number of hydrogen-bond acceptors (Lipinski definition) is 2. The van der Waals surface area contributed by atoms with E-state index in [1.54, 1.807) is 7.05 Å². The van der Waals surface area contributed by atoms with Gasteiger partial charge in [0.1, 0.15) is 0 Å². The van der Waals surface area contributed by atoms with E-state index in [0.29, 0.717) is 0 Å². The van der Waals surface area contributed by atoms with Crippen LogP contribution >= 0.6 is 0 Å². The normalized spacial score (nSPS) is 12.0. The number of aromatic nitrogens is 3. The lowest BCUT2D eigenvalue weighted by atomic mass is 10.1. The fraction of sp³-hybridized carbons (Fsp3) is 0.400. The number of aryl methyl sites for hydroxylation is 3. The number of hydrogen-bond donors (Lipinski definition) is 3. The second-order valence-corrected chi connectivity index (χ2v) is 6.69. The van der Waals surface area contributed by atoms with E-state index in [9.17, 15) is 0 Å². The minimum Gasteiger partial charge on any atom is -0.361 e. The summed E-state index contributed by atoms with van der Waals surface area (Å²) < 4.78 is 1.92. The standard InChI is InChI=1S/C20H28N6/c1-13-7-6-8-18-19(13)16(11-23-18)9-10-22-20(21-4)24-12-17-14(2)25-26(5)15(17)3/h6-8,11,23H,9-10,12H2,1-5H3,(H2,21,22,24). The second-order valence-electron chi connectivity index (χ2n) is 6.69. The van der Waals surface area contributed by atoms with Gasteiger partial charge in [-0.15, -0.1) is 0 Å². The average molecular weight is 352 g/mol. The fourth-order valence-electron chi connectivity index (χ4n) is 3.43. The van der Waals surface area contributed by atoms with Crippen LogP contribution in [0.1, 0.15) is 28.1 Å². The van der Waals surface area contributed by atoms with Gasteiger partial charge in [0.2, 0.25) is 0 Å². The van der Waals surface area contributed by atoms with E-state index in [1.807, 2.05) is 18.7 Å². The van der Waals surface area contributed by atoms with Gasteiger partial charge in [0.25, 0.3) is 0 Å². The molecule has 0 aliphatic heterocycles. The number of H-pyrrole nitrogens is 1. The highest BCUT2D eigenvalue weighted by Gasteiger charge is 2.10. The molecule has 0 aliphatic rings. The summed E-state index contributed by atoms with van der Waals surface area (Å²) in [5, 5.41) is 12.6. The molecule has 0 spiro atoms. The molecule has 0 saturated heterocycles. The number of fused-ring (bicyclic) bond motifs is 1. The third kappa shape index (κ3) is 3.59. The van der Waals surface area contributed by atoms with Crippen LogP contribution < -0.4 is 10.6 Å². The molecule has 2 heterocycles. The Balaban J connectivity index is 1.57. The van der Waals surface area contributed by atoms with E-state index in [-0.39, 0.29) is 0 Å². The van der Waals surface area contributed by atoms with Crippen LogP contribution in [0.5, 0.6) is 0 Å². The lowest BCUT2D eigenvalue weighted by molar-refractivity contribution is 0.728. The van der Waals surface area contributed by atoms with E-state index in [4.69, 9.17) is 0 Å². The minimum absolute atomic E-state index is 0.720. The number of aromatic amines is 1. The monoisotopic (exact) mass is 352 g/mol. The summed E-state index contributed by atoms with van der Waals surface area (Å²) in [4.78, 5) is 7.69. The van der Waals surface area contributed by atoms with Gasteiger partial charge in [0.05, 0.1) is 5.69 Å². The summed E-state index contributed by atoms with van der Waals surface area (Å²) in [5.41, 5.74) is 7.30. The maximum Gasteiger partial charge on any atom is 0.191 e. The molecule has 0 bridgehead atoms. The van der Waals surface area contributed by atoms with Crippen molar-refractivity contribution in [2.45, 2.75) is 33.7 Å². The van der Waals surface area contributed by atoms with Gasteiger partial charge in [-0.3, -0.25) is 9.67 Å². The van der Waals surface area contributed by atoms with Crippen molar-refractivity contribution < 1.29 is 0 Å². The number of benzene rings is 1. The van der Waals surface area contributed by atoms with E-state index >= 15 is 0 Å². The van der Waals surface area contributed by atoms with Crippen molar-refractivity contribution in [2.24, 2.45) is 12.0 Å². The maximum absolute atomic E-state index is 4.46. The van der Waals surface area contributed by atoms with Crippen molar-refractivity contribution in [1.29, 1.82) is 0 Å². The number of guanidine groups is 1. The largest absolute Gasteiger partial charge is 0.361 e. The van der Waals surface area contributed by atoms with Gasteiger partial charge in [0.15, 0.2) is 5.96 Å². The number of nitrogens with zero attached hydrogens (tertiary/aromatic N) is 3. The molecule has 0 radical (unpaired) electrons. The molecule has 2 aromatic heterocycles. The van der Waals surface area contributed by atoms with Gasteiger partial charge in [-0.05, 0) is 44.4 Å². The quantitative estimate of drug-likeness (QED) is 0.488. The Kier molecular flexibility index (Phi) is 5.30. The zero-order chi connectivity index (χ0) is 18.7. The molecular formula is C20H28N6. The van der Waals surface area contributed by atoms with Crippen molar-refractivity contribution in [2.75, 3.05) is 13.6 Å². The Morgan fingerprint density at radius 3 is 2.73 bits per heavy atom. The molecule has 0 saturated carbocycles. The zero-order valence-corrected chi connectivity index (χ0v) is 16.3. The van der Waals surface area contributed by atoms with Crippen LogP contribution in [0.25, 0.3) is 10.9 Å². The number of aliphatic imine (C=N–C) groups is 1. The van der Waals surface area contributed by atoms with Gasteiger partial charge in [-0.25, -0.2) is 0 Å². The van der Waals surface area contributed by atoms with Crippen LogP contribution in [0.2, 0.25) is 0 Å². The average Bonchev–Trinajstić information content (AvgIpc) is 3.14. The molecule has 0 unspecified atom stereocenters. The van der Waals surface area contributed by atoms with Gasteiger partial charge in [-0.2, -0.15) is 5.10 Å². The molecule has 3 N–H and O–H groups in total. The van der Waals surface area contributed by atoms with Gasteiger partial charge in [-0.1, -0.05) is 12.1 Å². The van der Waals surface area contributed by atoms with Crippen molar-refractivity contribution in [3.8, 4) is 0 Å². The Morgan fingerprint density at radius 1 is 1.23 bits per heavy atom. The topological polar surface area (TPSA) is 70.0 Å². The minimum atomic E-state index is 0.720. The molecule has 1 aromatic carbocycles. The summed E-state index contributed by atoms with van der Waals surface area (Å²) in [6, 6.07) is 6.37. The second kappa shape index (κ2) is 7.64. The highest BCUT2D eigenvalue weighted by molar-refractivity contribution is 5.86. The van der Waals surface area contributed by atoms with E-state index < -0.39 is 0 Å². The third-order valence-corrected chi connectivity index (χ3v) is 5.00. The van der Waals surface area contributed by atoms with Gasteiger partial charge < -0.3 is 15.6 Å². The van der Waals surface area contributed by atoms with Crippen LogP contribution in [0.15, 0.2) is 29.4 Å². The first kappa shape index (κ1) is 18.0. The molecular weight excluding hydrogens is 324 g/mol. The predicted octanol–water partition coefficient (Wildman–Crippen LogP) is 2.73. The van der Waals surface area contributed by atoms with Crippen molar-refractivity contribution in [1.82, 2.24) is 25.4 Å². The lowest BCUT2D eigenvalue weighted by Gasteiger charge is -2.12. The number of rotatable bonds is 5. The van der Waals surface area contributed by atoms with Crippen molar-refractivity contribution >= 4 is 16.9 Å². The predicted molar refractivity (Wildman–Crippen MR) is 108 cm³/mol. The summed E-state index contributed by atoms with van der Waals surface area (Å²) in [7, 11) is 3.77. The summed E-state index contributed by atoms with van der Waals surface area (Å²) in [6.45, 7) is 7.83. The SMILES string of the molecule is CN=C(NCCc1c[nH]c2cccc(C)c12)NCc1c(C)nn(C)c1C. The molecule has 3 rings (SSSR count). The molecule has 0 fully saturated rings. The van der Waals surface area contributed by atoms with Crippen LogP contribution in [-0.4, -0.2) is 34.3 Å². The highest BCUT2D eigenvalue weighted by atomic mass is 15.3. The van der Waals surface area contributed by atoms with Crippen molar-refractivity contribution in [3.05, 3.63) is 52.5 Å². The third-order valence-electron chi connectivity index (χ3n) is 5.00. The first-order chi connectivity index (χ1) is 12.5. The molecule has 0 aliphatic carbocycles. The lowest BCUT2D eigenvalue weighted by Crippen LogP contribution is -2.38. The highest BCUT2D eigenvalue weighted by Crippen LogP contribution is 2.22. The van der Waals surface area contributed by atoms with E-state index in [0.717, 1.165) is 31.2 Å². The Morgan fingerprint density at radius 2 is 2.04 bits per heavy atom. The summed E-state index contributed by atoms with van der Waals surface area (Å²) in [5.74, 6) is 0.809. The Labute approximate surface area is 154 Å². The first-order valence-corrected chi connectivity index (χ1v) is 9.00. The van der Waals surface area contributed by atoms with Crippen LogP contribution in [0.4, 0.5) is 0 Å². The molecule has 26 heavy (non-hydrogen) atoms. The first-order valence-electron chi connectivity index (χ1n) is 9.00. The zero-order valence-electron chi connectivity index (χ0n) is 16.3. The summed E-state index contributed by atoms with van der Waals surface area (Å²) >= 11 is 0. The van der Waals surface area contributed by atoms with Gasteiger partial charge >= 0.3 is 0 Å². The maximum atomic E-state index is 4.46. The van der Waals surface area contributed by atoms with Crippen LogP contribution in [0, 0.1) is 20.8 Å².